The Labute approximate surface area is 140 Å². The Morgan fingerprint density at radius 3 is 2.46 bits per heavy atom. The molecule has 0 atom stereocenters. The number of nitrogens with one attached hydrogen (secondary N) is 1. The highest BCUT2D eigenvalue weighted by Gasteiger charge is 2.12. The van der Waals surface area contributed by atoms with Gasteiger partial charge >= 0.3 is 0 Å². The van der Waals surface area contributed by atoms with Crippen molar-refractivity contribution < 1.29 is 0 Å². The molecule has 0 unspecified atom stereocenters. The van der Waals surface area contributed by atoms with E-state index in [0.29, 0.717) is 17.1 Å². The first-order valence-corrected chi connectivity index (χ1v) is 7.67. The van der Waals surface area contributed by atoms with Gasteiger partial charge in [0.1, 0.15) is 0 Å². The fraction of sp³-hybridized carbons (Fsp3) is 0.105. The molecular weight excluding hydrogens is 300 g/mol. The van der Waals surface area contributed by atoms with Crippen LogP contribution in [0.1, 0.15) is 11.3 Å². The van der Waals surface area contributed by atoms with Crippen LogP contribution in [0.4, 0.5) is 11.4 Å². The average molecular weight is 318 g/mol. The van der Waals surface area contributed by atoms with Gasteiger partial charge in [-0.25, -0.2) is 4.68 Å². The lowest BCUT2D eigenvalue weighted by Gasteiger charge is -2.02. The fourth-order valence-corrected chi connectivity index (χ4v) is 2.39. The molecule has 2 aromatic carbocycles. The lowest BCUT2D eigenvalue weighted by molar-refractivity contribution is 0.834. The molecule has 1 aromatic heterocycles. The maximum absolute atomic E-state index is 12.6. The molecule has 1 N–H and O–H groups in total. The van der Waals surface area contributed by atoms with Crippen molar-refractivity contribution in [2.75, 3.05) is 0 Å². The normalized spacial score (nSPS) is 11.0. The summed E-state index contributed by atoms with van der Waals surface area (Å²) in [7, 11) is 0. The molecule has 1 heterocycles. The van der Waals surface area contributed by atoms with Crippen LogP contribution in [0, 0.1) is 6.92 Å². The Morgan fingerprint density at radius 2 is 1.79 bits per heavy atom. The van der Waals surface area contributed by atoms with Gasteiger partial charge in [-0.2, -0.15) is 5.11 Å². The number of allylic oxidation sites excluding steroid dienone is 1. The number of benzene rings is 2. The summed E-state index contributed by atoms with van der Waals surface area (Å²) in [6, 6.07) is 17.1. The predicted molar refractivity (Wildman–Crippen MR) is 95.6 cm³/mol. The van der Waals surface area contributed by atoms with Gasteiger partial charge in [-0.15, -0.1) is 11.7 Å². The van der Waals surface area contributed by atoms with Crippen molar-refractivity contribution in [2.45, 2.75) is 13.3 Å². The SMILES string of the molecule is C=CCc1ccc(-n2[nH]c(C)c(N=Nc3ccccc3)c2=O)cc1. The molecule has 120 valence electrons. The van der Waals surface area contributed by atoms with Gasteiger partial charge < -0.3 is 0 Å². The van der Waals surface area contributed by atoms with Crippen molar-refractivity contribution >= 4 is 11.4 Å². The Kier molecular flexibility index (Phi) is 4.52. The standard InChI is InChI=1S/C19H18N4O/c1-3-7-15-10-12-17(13-11-15)23-19(24)18(14(2)22-23)21-20-16-8-5-4-6-9-16/h3-6,8-13,22H,1,7H2,2H3. The molecule has 3 rings (SSSR count). The van der Waals surface area contributed by atoms with E-state index in [1.807, 2.05) is 67.6 Å². The first-order chi connectivity index (χ1) is 11.7. The van der Waals surface area contributed by atoms with Crippen LogP contribution >= 0.6 is 0 Å². The molecule has 0 fully saturated rings. The highest BCUT2D eigenvalue weighted by atomic mass is 16.1. The minimum absolute atomic E-state index is 0.219. The van der Waals surface area contributed by atoms with Crippen molar-refractivity contribution in [1.29, 1.82) is 0 Å². The molecule has 0 radical (unpaired) electrons. The number of aromatic nitrogens is 2. The first kappa shape index (κ1) is 15.7. The molecule has 3 aromatic rings. The largest absolute Gasteiger partial charge is 0.299 e. The topological polar surface area (TPSA) is 62.5 Å². The third kappa shape index (κ3) is 3.25. The summed E-state index contributed by atoms with van der Waals surface area (Å²) in [4.78, 5) is 12.6. The van der Waals surface area contributed by atoms with E-state index in [1.54, 1.807) is 0 Å². The summed E-state index contributed by atoms with van der Waals surface area (Å²) < 4.78 is 1.48. The van der Waals surface area contributed by atoms with Gasteiger partial charge in [-0.05, 0) is 43.2 Å². The molecular formula is C19H18N4O. The van der Waals surface area contributed by atoms with Crippen LogP contribution in [-0.4, -0.2) is 9.78 Å². The quantitative estimate of drug-likeness (QED) is 0.541. The minimum Gasteiger partial charge on any atom is -0.293 e. The lowest BCUT2D eigenvalue weighted by Crippen LogP contribution is -2.13. The maximum atomic E-state index is 12.6. The highest BCUT2D eigenvalue weighted by molar-refractivity contribution is 5.44. The average Bonchev–Trinajstić information content (AvgIpc) is 2.89. The maximum Gasteiger partial charge on any atom is 0.299 e. The van der Waals surface area contributed by atoms with Gasteiger partial charge in [0.25, 0.3) is 5.56 Å². The van der Waals surface area contributed by atoms with Crippen molar-refractivity contribution in [3.63, 3.8) is 0 Å². The van der Waals surface area contributed by atoms with Crippen LogP contribution in [0.2, 0.25) is 0 Å². The van der Waals surface area contributed by atoms with Gasteiger partial charge in [0.05, 0.1) is 17.1 Å². The van der Waals surface area contributed by atoms with Gasteiger partial charge in [-0.3, -0.25) is 9.89 Å². The van der Waals surface area contributed by atoms with Crippen molar-refractivity contribution in [3.05, 3.63) is 88.9 Å². The minimum atomic E-state index is -0.219. The lowest BCUT2D eigenvalue weighted by atomic mass is 10.1. The molecule has 0 bridgehead atoms. The van der Waals surface area contributed by atoms with Gasteiger partial charge in [0.15, 0.2) is 5.69 Å². The van der Waals surface area contributed by atoms with Crippen LogP contribution in [0.15, 0.2) is 82.3 Å². The molecule has 0 saturated heterocycles. The van der Waals surface area contributed by atoms with Crippen molar-refractivity contribution in [1.82, 2.24) is 9.78 Å². The third-order valence-corrected chi connectivity index (χ3v) is 3.64. The summed E-state index contributed by atoms with van der Waals surface area (Å²) in [5, 5.41) is 11.3. The van der Waals surface area contributed by atoms with E-state index in [9.17, 15) is 4.79 Å². The second kappa shape index (κ2) is 6.91. The summed E-state index contributed by atoms with van der Waals surface area (Å²) in [6.45, 7) is 5.54. The Bertz CT molecular complexity index is 918. The van der Waals surface area contributed by atoms with Crippen LogP contribution < -0.4 is 5.56 Å². The second-order valence-electron chi connectivity index (χ2n) is 5.42. The molecule has 0 aliphatic carbocycles. The summed E-state index contributed by atoms with van der Waals surface area (Å²) in [6.07, 6.45) is 2.65. The molecule has 0 spiro atoms. The van der Waals surface area contributed by atoms with Gasteiger partial charge in [0, 0.05) is 0 Å². The Hall–Kier alpha value is -3.21. The highest BCUT2D eigenvalue weighted by Crippen LogP contribution is 2.18. The molecule has 0 amide bonds. The molecule has 0 saturated carbocycles. The van der Waals surface area contributed by atoms with E-state index < -0.39 is 0 Å². The number of hydrogen-bond donors (Lipinski definition) is 1. The summed E-state index contributed by atoms with van der Waals surface area (Å²) in [5.41, 5.74) is 3.39. The van der Waals surface area contributed by atoms with E-state index in [1.165, 1.54) is 4.68 Å². The van der Waals surface area contributed by atoms with Crippen molar-refractivity contribution in [3.8, 4) is 5.69 Å². The first-order valence-electron chi connectivity index (χ1n) is 7.67. The number of rotatable bonds is 5. The van der Waals surface area contributed by atoms with Crippen LogP contribution in [0.5, 0.6) is 0 Å². The van der Waals surface area contributed by atoms with E-state index in [4.69, 9.17) is 0 Å². The van der Waals surface area contributed by atoms with Crippen LogP contribution in [0.25, 0.3) is 5.69 Å². The molecule has 5 heteroatoms. The number of H-pyrrole nitrogens is 1. The Balaban J connectivity index is 1.93. The third-order valence-electron chi connectivity index (χ3n) is 3.64. The second-order valence-corrected chi connectivity index (χ2v) is 5.42. The zero-order valence-electron chi connectivity index (χ0n) is 13.4. The monoisotopic (exact) mass is 318 g/mol. The van der Waals surface area contributed by atoms with E-state index >= 15 is 0 Å². The number of azo groups is 1. The predicted octanol–water partition coefficient (Wildman–Crippen LogP) is 4.62. The van der Waals surface area contributed by atoms with E-state index in [2.05, 4.69) is 21.9 Å². The van der Waals surface area contributed by atoms with Gasteiger partial charge in [-0.1, -0.05) is 36.4 Å². The molecule has 5 nitrogen and oxygen atoms in total. The zero-order chi connectivity index (χ0) is 16.9. The Morgan fingerprint density at radius 1 is 1.08 bits per heavy atom. The molecule has 0 aliphatic rings. The van der Waals surface area contributed by atoms with Crippen molar-refractivity contribution in [2.24, 2.45) is 10.2 Å². The summed E-state index contributed by atoms with van der Waals surface area (Å²) >= 11 is 0. The summed E-state index contributed by atoms with van der Waals surface area (Å²) in [5.74, 6) is 0. The van der Waals surface area contributed by atoms with Crippen LogP contribution in [0.3, 0.4) is 0 Å². The number of nitrogens with zero attached hydrogens (tertiary/aromatic N) is 3. The fourth-order valence-electron chi connectivity index (χ4n) is 2.39. The van der Waals surface area contributed by atoms with E-state index in [-0.39, 0.29) is 5.56 Å². The number of hydrogen-bond acceptors (Lipinski definition) is 3. The molecule has 24 heavy (non-hydrogen) atoms. The smallest absolute Gasteiger partial charge is 0.293 e. The van der Waals surface area contributed by atoms with E-state index in [0.717, 1.165) is 17.7 Å². The number of aryl methyl sites for hydroxylation is 1. The molecule has 0 aliphatic heterocycles. The number of aromatic amines is 1. The van der Waals surface area contributed by atoms with Gasteiger partial charge in [0.2, 0.25) is 0 Å². The zero-order valence-corrected chi connectivity index (χ0v) is 13.4. The van der Waals surface area contributed by atoms with Crippen LogP contribution in [-0.2, 0) is 6.42 Å².